The van der Waals surface area contributed by atoms with Crippen molar-refractivity contribution in [1.82, 2.24) is 4.98 Å². The zero-order chi connectivity index (χ0) is 8.81. The summed E-state index contributed by atoms with van der Waals surface area (Å²) >= 11 is 0. The van der Waals surface area contributed by atoms with Crippen LogP contribution in [0.25, 0.3) is 0 Å². The molecule has 0 fully saturated rings. The van der Waals surface area contributed by atoms with Crippen molar-refractivity contribution >= 4 is 0 Å². The Kier molecular flexibility index (Phi) is 3.12. The van der Waals surface area contributed by atoms with Crippen molar-refractivity contribution in [2.45, 2.75) is 6.61 Å². The van der Waals surface area contributed by atoms with Gasteiger partial charge in [-0.2, -0.15) is 0 Å². The lowest BCUT2D eigenvalue weighted by Crippen LogP contribution is -1.95. The Morgan fingerprint density at radius 3 is 2.92 bits per heavy atom. The van der Waals surface area contributed by atoms with Gasteiger partial charge in [0.1, 0.15) is 12.4 Å². The Labute approximate surface area is 71.0 Å². The third kappa shape index (κ3) is 2.26. The van der Waals surface area contributed by atoms with Crippen LogP contribution in [0.15, 0.2) is 18.3 Å². The lowest BCUT2D eigenvalue weighted by molar-refractivity contribution is 0.276. The van der Waals surface area contributed by atoms with Crippen LogP contribution in [0.4, 0.5) is 0 Å². The van der Waals surface area contributed by atoms with E-state index < -0.39 is 0 Å². The number of aliphatic hydroxyl groups excluding tert-OH is 1. The van der Waals surface area contributed by atoms with Crippen LogP contribution in [0.2, 0.25) is 0 Å². The van der Waals surface area contributed by atoms with Crippen LogP contribution in [0, 0.1) is 12.3 Å². The van der Waals surface area contributed by atoms with Gasteiger partial charge in [-0.25, -0.2) is 0 Å². The lowest BCUT2D eigenvalue weighted by Gasteiger charge is -2.01. The molecule has 1 aromatic heterocycles. The van der Waals surface area contributed by atoms with Crippen molar-refractivity contribution in [1.29, 1.82) is 0 Å². The minimum atomic E-state index is -0.0601. The second kappa shape index (κ2) is 4.37. The van der Waals surface area contributed by atoms with Gasteiger partial charge in [-0.05, 0) is 12.1 Å². The molecule has 0 spiro atoms. The first-order valence-corrected chi connectivity index (χ1v) is 3.49. The molecule has 0 amide bonds. The predicted octanol–water partition coefficient (Wildman–Crippen LogP) is 0.586. The molecule has 62 valence electrons. The third-order valence-corrected chi connectivity index (χ3v) is 1.28. The van der Waals surface area contributed by atoms with E-state index in [4.69, 9.17) is 16.3 Å². The number of rotatable bonds is 3. The fraction of sp³-hybridized carbons (Fsp3) is 0.222. The van der Waals surface area contributed by atoms with Crippen molar-refractivity contribution in [3.05, 3.63) is 24.0 Å². The van der Waals surface area contributed by atoms with Crippen molar-refractivity contribution in [2.24, 2.45) is 0 Å². The molecule has 0 unspecified atom stereocenters. The van der Waals surface area contributed by atoms with Crippen LogP contribution in [0.5, 0.6) is 5.75 Å². The number of ether oxygens (including phenoxy) is 1. The fourth-order valence-electron chi connectivity index (χ4n) is 0.715. The Bertz CT molecular complexity index is 274. The molecular formula is C9H9NO2. The monoisotopic (exact) mass is 163 g/mol. The standard InChI is InChI=1S/C9H9NO2/c1-2-5-12-9-4-3-8(7-11)10-6-9/h1,3-4,6,11H,5,7H2. The second-order valence-corrected chi connectivity index (χ2v) is 2.14. The molecule has 0 saturated carbocycles. The Morgan fingerprint density at radius 1 is 1.58 bits per heavy atom. The highest BCUT2D eigenvalue weighted by molar-refractivity contribution is 5.19. The first kappa shape index (κ1) is 8.57. The predicted molar refractivity (Wildman–Crippen MR) is 44.5 cm³/mol. The zero-order valence-corrected chi connectivity index (χ0v) is 6.53. The molecule has 0 radical (unpaired) electrons. The lowest BCUT2D eigenvalue weighted by atomic mass is 10.3. The van der Waals surface area contributed by atoms with E-state index in [0.29, 0.717) is 11.4 Å². The molecule has 0 aromatic carbocycles. The van der Waals surface area contributed by atoms with Crippen LogP contribution in [-0.2, 0) is 6.61 Å². The summed E-state index contributed by atoms with van der Waals surface area (Å²) in [5.41, 5.74) is 0.614. The third-order valence-electron chi connectivity index (χ3n) is 1.28. The Hall–Kier alpha value is -1.53. The van der Waals surface area contributed by atoms with Crippen LogP contribution >= 0.6 is 0 Å². The highest BCUT2D eigenvalue weighted by Crippen LogP contribution is 2.08. The molecule has 1 N–H and O–H groups in total. The van der Waals surface area contributed by atoms with Crippen LogP contribution in [0.3, 0.4) is 0 Å². The fourth-order valence-corrected chi connectivity index (χ4v) is 0.715. The van der Waals surface area contributed by atoms with Gasteiger partial charge < -0.3 is 9.84 Å². The van der Waals surface area contributed by atoms with E-state index in [2.05, 4.69) is 10.9 Å². The highest BCUT2D eigenvalue weighted by atomic mass is 16.5. The summed E-state index contributed by atoms with van der Waals surface area (Å²) in [5.74, 6) is 2.96. The van der Waals surface area contributed by atoms with E-state index in [0.717, 1.165) is 0 Å². The molecule has 0 saturated heterocycles. The summed E-state index contributed by atoms with van der Waals surface area (Å²) in [4.78, 5) is 3.91. The van der Waals surface area contributed by atoms with Crippen molar-refractivity contribution in [3.8, 4) is 18.1 Å². The van der Waals surface area contributed by atoms with Gasteiger partial charge in [-0.3, -0.25) is 4.98 Å². The molecular weight excluding hydrogens is 154 g/mol. The summed E-state index contributed by atoms with van der Waals surface area (Å²) < 4.78 is 5.07. The number of aliphatic hydroxyl groups is 1. The first-order valence-electron chi connectivity index (χ1n) is 3.49. The summed E-state index contributed by atoms with van der Waals surface area (Å²) in [7, 11) is 0. The van der Waals surface area contributed by atoms with E-state index in [1.165, 1.54) is 6.20 Å². The molecule has 1 aromatic rings. The molecule has 3 nitrogen and oxygen atoms in total. The van der Waals surface area contributed by atoms with Gasteiger partial charge in [0.05, 0.1) is 18.5 Å². The van der Waals surface area contributed by atoms with Gasteiger partial charge in [-0.1, -0.05) is 5.92 Å². The molecule has 12 heavy (non-hydrogen) atoms. The smallest absolute Gasteiger partial charge is 0.148 e. The second-order valence-electron chi connectivity index (χ2n) is 2.14. The number of aromatic nitrogens is 1. The van der Waals surface area contributed by atoms with E-state index in [1.54, 1.807) is 12.1 Å². The Balaban J connectivity index is 2.60. The first-order chi connectivity index (χ1) is 5.86. The summed E-state index contributed by atoms with van der Waals surface area (Å²) in [5, 5.41) is 8.67. The SMILES string of the molecule is C#CCOc1ccc(CO)nc1. The van der Waals surface area contributed by atoms with Gasteiger partial charge in [0.15, 0.2) is 0 Å². The minimum absolute atomic E-state index is 0.0601. The van der Waals surface area contributed by atoms with Crippen LogP contribution in [0.1, 0.15) is 5.69 Å². The maximum Gasteiger partial charge on any atom is 0.148 e. The van der Waals surface area contributed by atoms with Gasteiger partial charge in [0, 0.05) is 0 Å². The van der Waals surface area contributed by atoms with Gasteiger partial charge in [0.2, 0.25) is 0 Å². The zero-order valence-electron chi connectivity index (χ0n) is 6.53. The van der Waals surface area contributed by atoms with E-state index in [1.807, 2.05) is 0 Å². The van der Waals surface area contributed by atoms with Crippen molar-refractivity contribution in [2.75, 3.05) is 6.61 Å². The highest BCUT2D eigenvalue weighted by Gasteiger charge is 1.93. The van der Waals surface area contributed by atoms with Gasteiger partial charge >= 0.3 is 0 Å². The number of hydrogen-bond donors (Lipinski definition) is 1. The van der Waals surface area contributed by atoms with Crippen molar-refractivity contribution in [3.63, 3.8) is 0 Å². The molecule has 0 aliphatic rings. The normalized spacial score (nSPS) is 9.00. The molecule has 1 heterocycles. The molecule has 0 aliphatic carbocycles. The maximum absolute atomic E-state index is 8.67. The molecule has 3 heteroatoms. The molecule has 0 bridgehead atoms. The number of pyridine rings is 1. The average Bonchev–Trinajstić information content (AvgIpc) is 2.15. The Morgan fingerprint density at radius 2 is 2.42 bits per heavy atom. The van der Waals surface area contributed by atoms with E-state index in [9.17, 15) is 0 Å². The molecule has 0 aliphatic heterocycles. The largest absolute Gasteiger partial charge is 0.479 e. The van der Waals surface area contributed by atoms with E-state index >= 15 is 0 Å². The van der Waals surface area contributed by atoms with Crippen LogP contribution < -0.4 is 4.74 Å². The topological polar surface area (TPSA) is 42.4 Å². The number of terminal acetylenes is 1. The maximum atomic E-state index is 8.67. The molecule has 1 rings (SSSR count). The summed E-state index contributed by atoms with van der Waals surface area (Å²) in [6.07, 6.45) is 6.53. The molecule has 0 atom stereocenters. The van der Waals surface area contributed by atoms with Gasteiger partial charge in [0.25, 0.3) is 0 Å². The quantitative estimate of drug-likeness (QED) is 0.663. The summed E-state index contributed by atoms with van der Waals surface area (Å²) in [6, 6.07) is 3.40. The van der Waals surface area contributed by atoms with Crippen LogP contribution in [-0.4, -0.2) is 16.7 Å². The number of nitrogens with zero attached hydrogens (tertiary/aromatic N) is 1. The average molecular weight is 163 g/mol. The van der Waals surface area contributed by atoms with E-state index in [-0.39, 0.29) is 13.2 Å². The van der Waals surface area contributed by atoms with Gasteiger partial charge in [-0.15, -0.1) is 6.42 Å². The number of hydrogen-bond acceptors (Lipinski definition) is 3. The minimum Gasteiger partial charge on any atom is -0.479 e. The summed E-state index contributed by atoms with van der Waals surface area (Å²) in [6.45, 7) is 0.176. The van der Waals surface area contributed by atoms with Crippen molar-refractivity contribution < 1.29 is 9.84 Å².